The van der Waals surface area contributed by atoms with E-state index < -0.39 is 12.0 Å². The Morgan fingerprint density at radius 1 is 1.24 bits per heavy atom. The Hall–Kier alpha value is -2.37. The van der Waals surface area contributed by atoms with E-state index >= 15 is 0 Å². The zero-order valence-electron chi connectivity index (χ0n) is 15.4. The van der Waals surface area contributed by atoms with E-state index in [1.807, 2.05) is 6.92 Å². The number of esters is 1. The molecule has 0 N–H and O–H groups in total. The zero-order chi connectivity index (χ0) is 18.6. The third-order valence-electron chi connectivity index (χ3n) is 4.45. The molecule has 6 nitrogen and oxygen atoms in total. The Kier molecular flexibility index (Phi) is 6.17. The van der Waals surface area contributed by atoms with Crippen LogP contribution in [0, 0.1) is 6.92 Å². The van der Waals surface area contributed by atoms with Crippen molar-refractivity contribution in [2.24, 2.45) is 0 Å². The van der Waals surface area contributed by atoms with E-state index in [1.165, 1.54) is 4.90 Å². The molecule has 136 valence electrons. The van der Waals surface area contributed by atoms with E-state index in [0.717, 1.165) is 18.4 Å². The smallest absolute Gasteiger partial charge is 0.334 e. The summed E-state index contributed by atoms with van der Waals surface area (Å²) in [6, 6.07) is 4.51. The standard InChI is InChI=1S/C19H26N2O4/c1-5-17(22)21-11-7-6-8-15(21)19(24)25-16-12-14(10-9-13(16)2)18(23)20(3)4/h9-10,12,15H,5-8,11H2,1-4H3. The molecule has 6 heteroatoms. The highest BCUT2D eigenvalue weighted by molar-refractivity contribution is 5.94. The quantitative estimate of drug-likeness (QED) is 0.620. The molecule has 1 atom stereocenters. The SMILES string of the molecule is CCC(=O)N1CCCCC1C(=O)Oc1cc(C(=O)N(C)C)ccc1C. The molecule has 1 aromatic carbocycles. The first-order valence-electron chi connectivity index (χ1n) is 8.68. The Morgan fingerprint density at radius 2 is 1.96 bits per heavy atom. The van der Waals surface area contributed by atoms with Crippen molar-refractivity contribution in [2.75, 3.05) is 20.6 Å². The summed E-state index contributed by atoms with van der Waals surface area (Å²) in [6.07, 6.45) is 2.78. The molecule has 0 saturated carbocycles. The Balaban J connectivity index is 2.20. The van der Waals surface area contributed by atoms with Gasteiger partial charge in [0.2, 0.25) is 5.91 Å². The van der Waals surface area contributed by atoms with Gasteiger partial charge < -0.3 is 14.5 Å². The molecular formula is C19H26N2O4. The van der Waals surface area contributed by atoms with Gasteiger partial charge >= 0.3 is 5.97 Å². The molecule has 0 aromatic heterocycles. The van der Waals surface area contributed by atoms with Crippen LogP contribution >= 0.6 is 0 Å². The molecule has 25 heavy (non-hydrogen) atoms. The van der Waals surface area contributed by atoms with Crippen LogP contribution in [0.25, 0.3) is 0 Å². The van der Waals surface area contributed by atoms with Crippen molar-refractivity contribution in [3.63, 3.8) is 0 Å². The van der Waals surface area contributed by atoms with Crippen LogP contribution in [-0.2, 0) is 9.59 Å². The summed E-state index contributed by atoms with van der Waals surface area (Å²) in [5.41, 5.74) is 1.23. The number of rotatable bonds is 4. The number of amides is 2. The minimum atomic E-state index is -0.547. The molecule has 0 radical (unpaired) electrons. The average Bonchev–Trinajstić information content (AvgIpc) is 2.62. The van der Waals surface area contributed by atoms with Crippen molar-refractivity contribution in [1.82, 2.24) is 9.80 Å². The highest BCUT2D eigenvalue weighted by Gasteiger charge is 2.33. The summed E-state index contributed by atoms with van der Waals surface area (Å²) in [7, 11) is 3.34. The van der Waals surface area contributed by atoms with Crippen LogP contribution in [0.5, 0.6) is 5.75 Å². The van der Waals surface area contributed by atoms with E-state index in [0.29, 0.717) is 30.7 Å². The largest absolute Gasteiger partial charge is 0.425 e. The van der Waals surface area contributed by atoms with Gasteiger partial charge in [-0.1, -0.05) is 13.0 Å². The number of benzene rings is 1. The van der Waals surface area contributed by atoms with Crippen molar-refractivity contribution in [2.45, 2.75) is 45.6 Å². The maximum atomic E-state index is 12.7. The molecule has 0 spiro atoms. The maximum absolute atomic E-state index is 12.7. The van der Waals surface area contributed by atoms with E-state index in [4.69, 9.17) is 4.74 Å². The van der Waals surface area contributed by atoms with Crippen molar-refractivity contribution < 1.29 is 19.1 Å². The molecule has 1 aliphatic rings. The lowest BCUT2D eigenvalue weighted by atomic mass is 10.0. The fourth-order valence-electron chi connectivity index (χ4n) is 2.96. The van der Waals surface area contributed by atoms with Gasteiger partial charge in [0.25, 0.3) is 5.91 Å². The third-order valence-corrected chi connectivity index (χ3v) is 4.45. The van der Waals surface area contributed by atoms with E-state index in [-0.39, 0.29) is 11.8 Å². The second-order valence-corrected chi connectivity index (χ2v) is 6.55. The van der Waals surface area contributed by atoms with Crippen LogP contribution in [0.3, 0.4) is 0 Å². The predicted octanol–water partition coefficient (Wildman–Crippen LogP) is 2.39. The molecule has 2 rings (SSSR count). The summed E-state index contributed by atoms with van der Waals surface area (Å²) < 4.78 is 5.58. The van der Waals surface area contributed by atoms with Crippen LogP contribution in [0.4, 0.5) is 0 Å². The topological polar surface area (TPSA) is 66.9 Å². The first-order chi connectivity index (χ1) is 11.8. The second kappa shape index (κ2) is 8.14. The second-order valence-electron chi connectivity index (χ2n) is 6.55. The first-order valence-corrected chi connectivity index (χ1v) is 8.68. The lowest BCUT2D eigenvalue weighted by Crippen LogP contribution is -2.49. The van der Waals surface area contributed by atoms with Gasteiger partial charge in [-0.3, -0.25) is 9.59 Å². The fraction of sp³-hybridized carbons (Fsp3) is 0.526. The van der Waals surface area contributed by atoms with Crippen molar-refractivity contribution in [3.8, 4) is 5.75 Å². The van der Waals surface area contributed by atoms with Crippen molar-refractivity contribution in [3.05, 3.63) is 29.3 Å². The number of carbonyl (C=O) groups is 3. The number of hydrogen-bond acceptors (Lipinski definition) is 4. The van der Waals surface area contributed by atoms with Gasteiger partial charge in [-0.25, -0.2) is 4.79 Å². The molecule has 1 saturated heterocycles. The first kappa shape index (κ1) is 19.0. The van der Waals surface area contributed by atoms with Gasteiger partial charge in [0, 0.05) is 32.6 Å². The lowest BCUT2D eigenvalue weighted by molar-refractivity contribution is -0.149. The highest BCUT2D eigenvalue weighted by atomic mass is 16.5. The lowest BCUT2D eigenvalue weighted by Gasteiger charge is -2.34. The average molecular weight is 346 g/mol. The molecule has 1 fully saturated rings. The number of likely N-dealkylation sites (tertiary alicyclic amines) is 1. The molecule has 0 aliphatic carbocycles. The molecule has 1 unspecified atom stereocenters. The van der Waals surface area contributed by atoms with Gasteiger partial charge in [-0.2, -0.15) is 0 Å². The Labute approximate surface area is 148 Å². The van der Waals surface area contributed by atoms with Gasteiger partial charge in [0.15, 0.2) is 0 Å². The van der Waals surface area contributed by atoms with E-state index in [1.54, 1.807) is 44.1 Å². The van der Waals surface area contributed by atoms with Gasteiger partial charge in [-0.05, 0) is 43.9 Å². The maximum Gasteiger partial charge on any atom is 0.334 e. The molecule has 1 aliphatic heterocycles. The normalized spacial score (nSPS) is 17.1. The van der Waals surface area contributed by atoms with Gasteiger partial charge in [-0.15, -0.1) is 0 Å². The number of carbonyl (C=O) groups excluding carboxylic acids is 3. The van der Waals surface area contributed by atoms with Crippen LogP contribution in [0.1, 0.15) is 48.5 Å². The summed E-state index contributed by atoms with van der Waals surface area (Å²) in [5.74, 6) is -0.251. The fourth-order valence-corrected chi connectivity index (χ4v) is 2.96. The Bertz CT molecular complexity index is 669. The van der Waals surface area contributed by atoms with Crippen molar-refractivity contribution in [1.29, 1.82) is 0 Å². The summed E-state index contributed by atoms with van der Waals surface area (Å²) in [6.45, 7) is 4.20. The number of nitrogens with zero attached hydrogens (tertiary/aromatic N) is 2. The van der Waals surface area contributed by atoms with Crippen LogP contribution < -0.4 is 4.74 Å². The number of piperidine rings is 1. The molecular weight excluding hydrogens is 320 g/mol. The van der Waals surface area contributed by atoms with Crippen LogP contribution in [0.2, 0.25) is 0 Å². The monoisotopic (exact) mass is 346 g/mol. The van der Waals surface area contributed by atoms with Gasteiger partial charge in [0.05, 0.1) is 0 Å². The van der Waals surface area contributed by atoms with Gasteiger partial charge in [0.1, 0.15) is 11.8 Å². The van der Waals surface area contributed by atoms with Crippen LogP contribution in [-0.4, -0.2) is 54.3 Å². The molecule has 1 aromatic rings. The molecule has 0 bridgehead atoms. The summed E-state index contributed by atoms with van der Waals surface area (Å²) in [5, 5.41) is 0. The predicted molar refractivity (Wildman–Crippen MR) is 94.5 cm³/mol. The number of hydrogen-bond donors (Lipinski definition) is 0. The minimum absolute atomic E-state index is 0.0325. The number of ether oxygens (including phenoxy) is 1. The molecule has 2 amide bonds. The third kappa shape index (κ3) is 4.38. The van der Waals surface area contributed by atoms with Crippen LogP contribution in [0.15, 0.2) is 18.2 Å². The summed E-state index contributed by atoms with van der Waals surface area (Å²) in [4.78, 5) is 39.9. The van der Waals surface area contributed by atoms with E-state index in [9.17, 15) is 14.4 Å². The highest BCUT2D eigenvalue weighted by Crippen LogP contribution is 2.24. The number of aryl methyl sites for hydroxylation is 1. The Morgan fingerprint density at radius 3 is 2.60 bits per heavy atom. The minimum Gasteiger partial charge on any atom is -0.425 e. The van der Waals surface area contributed by atoms with E-state index in [2.05, 4.69) is 0 Å². The van der Waals surface area contributed by atoms with Crippen molar-refractivity contribution >= 4 is 17.8 Å². The summed E-state index contributed by atoms with van der Waals surface area (Å²) >= 11 is 0. The zero-order valence-corrected chi connectivity index (χ0v) is 15.4. The molecule has 1 heterocycles.